The predicted octanol–water partition coefficient (Wildman–Crippen LogP) is 4.16. The van der Waals surface area contributed by atoms with Crippen molar-refractivity contribution in [1.29, 1.82) is 0 Å². The Morgan fingerprint density at radius 2 is 2.05 bits per heavy atom. The lowest BCUT2D eigenvalue weighted by Gasteiger charge is -2.10. The highest BCUT2D eigenvalue weighted by Gasteiger charge is 2.06. The summed E-state index contributed by atoms with van der Waals surface area (Å²) >= 11 is 5.88. The molecular weight excluding hydrogens is 295 g/mol. The molecule has 0 heterocycles. The molecule has 0 atom stereocenters. The summed E-state index contributed by atoms with van der Waals surface area (Å²) in [6, 6.07) is 11.1. The molecule has 0 radical (unpaired) electrons. The van der Waals surface area contributed by atoms with Crippen LogP contribution in [0.4, 0.5) is 4.39 Å². The van der Waals surface area contributed by atoms with Crippen molar-refractivity contribution in [1.82, 2.24) is 0 Å². The summed E-state index contributed by atoms with van der Waals surface area (Å²) in [5.41, 5.74) is 0.932. The minimum atomic E-state index is -1.07. The molecule has 108 valence electrons. The largest absolute Gasteiger partial charge is 0.488 e. The van der Waals surface area contributed by atoms with Crippen LogP contribution < -0.4 is 4.74 Å². The van der Waals surface area contributed by atoms with Gasteiger partial charge in [-0.2, -0.15) is 0 Å². The number of carboxylic acid groups (broad SMARTS) is 1. The molecule has 0 aliphatic heterocycles. The Hall–Kier alpha value is -2.33. The summed E-state index contributed by atoms with van der Waals surface area (Å²) in [6.45, 7) is 0.0439. The van der Waals surface area contributed by atoms with E-state index in [0.717, 1.165) is 6.08 Å². The Morgan fingerprint density at radius 1 is 1.29 bits per heavy atom. The summed E-state index contributed by atoms with van der Waals surface area (Å²) in [5, 5.41) is 9.13. The maximum atomic E-state index is 13.5. The van der Waals surface area contributed by atoms with E-state index in [1.807, 2.05) is 0 Å². The minimum absolute atomic E-state index is 0.0439. The number of hydrogen-bond acceptors (Lipinski definition) is 2. The van der Waals surface area contributed by atoms with Gasteiger partial charge in [-0.1, -0.05) is 29.8 Å². The Kier molecular flexibility index (Phi) is 4.95. The van der Waals surface area contributed by atoms with E-state index in [1.54, 1.807) is 36.4 Å². The van der Waals surface area contributed by atoms with E-state index < -0.39 is 5.97 Å². The third kappa shape index (κ3) is 4.33. The van der Waals surface area contributed by atoms with Crippen molar-refractivity contribution in [2.24, 2.45) is 0 Å². The molecular formula is C16H12ClFO3. The zero-order valence-corrected chi connectivity index (χ0v) is 11.7. The molecule has 0 aromatic heterocycles. The molecule has 0 aliphatic rings. The summed E-state index contributed by atoms with van der Waals surface area (Å²) in [5.74, 6) is -0.996. The molecule has 2 aromatic carbocycles. The van der Waals surface area contributed by atoms with Crippen molar-refractivity contribution in [3.8, 4) is 5.75 Å². The standard InChI is InChI=1S/C16H12ClFO3/c17-13-6-7-15(11(9-13)5-8-16(19)20)21-10-12-3-1-2-4-14(12)18/h1-9H,10H2,(H,19,20)/b8-5+. The molecule has 0 aliphatic carbocycles. The number of aliphatic carboxylic acids is 1. The van der Waals surface area contributed by atoms with Gasteiger partial charge < -0.3 is 9.84 Å². The van der Waals surface area contributed by atoms with Crippen molar-refractivity contribution in [3.05, 3.63) is 70.5 Å². The van der Waals surface area contributed by atoms with Crippen molar-refractivity contribution in [3.63, 3.8) is 0 Å². The summed E-state index contributed by atoms with van der Waals surface area (Å²) in [4.78, 5) is 10.6. The molecule has 2 aromatic rings. The van der Waals surface area contributed by atoms with Crippen molar-refractivity contribution in [2.45, 2.75) is 6.61 Å². The lowest BCUT2D eigenvalue weighted by molar-refractivity contribution is -0.131. The molecule has 0 amide bonds. The van der Waals surface area contributed by atoms with Gasteiger partial charge in [-0.05, 0) is 30.3 Å². The molecule has 0 bridgehead atoms. The first-order valence-electron chi connectivity index (χ1n) is 6.13. The van der Waals surface area contributed by atoms with Crippen LogP contribution in [0.2, 0.25) is 5.02 Å². The molecule has 1 N–H and O–H groups in total. The minimum Gasteiger partial charge on any atom is -0.488 e. The second-order valence-electron chi connectivity index (χ2n) is 4.23. The highest BCUT2D eigenvalue weighted by Crippen LogP contribution is 2.25. The van der Waals surface area contributed by atoms with Crippen LogP contribution in [0.3, 0.4) is 0 Å². The molecule has 2 rings (SSSR count). The van der Waals surface area contributed by atoms with Gasteiger partial charge in [-0.3, -0.25) is 0 Å². The number of rotatable bonds is 5. The molecule has 3 nitrogen and oxygen atoms in total. The topological polar surface area (TPSA) is 46.5 Å². The SMILES string of the molecule is O=C(O)/C=C/c1cc(Cl)ccc1OCc1ccccc1F. The van der Waals surface area contributed by atoms with Gasteiger partial charge >= 0.3 is 5.97 Å². The highest BCUT2D eigenvalue weighted by molar-refractivity contribution is 6.30. The Morgan fingerprint density at radius 3 is 2.76 bits per heavy atom. The van der Waals surface area contributed by atoms with Crippen LogP contribution >= 0.6 is 11.6 Å². The lowest BCUT2D eigenvalue weighted by Crippen LogP contribution is -1.99. The monoisotopic (exact) mass is 306 g/mol. The maximum absolute atomic E-state index is 13.5. The Balaban J connectivity index is 2.20. The Bertz CT molecular complexity index is 683. The number of hydrogen-bond donors (Lipinski definition) is 1. The van der Waals surface area contributed by atoms with E-state index in [1.165, 1.54) is 12.1 Å². The lowest BCUT2D eigenvalue weighted by atomic mass is 10.2. The molecule has 0 saturated heterocycles. The molecule has 21 heavy (non-hydrogen) atoms. The van der Waals surface area contributed by atoms with Crippen LogP contribution in [0.1, 0.15) is 11.1 Å². The van der Waals surface area contributed by atoms with Crippen LogP contribution in [0.15, 0.2) is 48.5 Å². The fraction of sp³-hybridized carbons (Fsp3) is 0.0625. The van der Waals surface area contributed by atoms with Crippen LogP contribution in [-0.2, 0) is 11.4 Å². The second kappa shape index (κ2) is 6.90. The van der Waals surface area contributed by atoms with Gasteiger partial charge in [0.05, 0.1) is 0 Å². The van der Waals surface area contributed by atoms with Crippen LogP contribution in [0.25, 0.3) is 6.08 Å². The van der Waals surface area contributed by atoms with E-state index in [9.17, 15) is 9.18 Å². The van der Waals surface area contributed by atoms with E-state index in [0.29, 0.717) is 21.9 Å². The first-order valence-corrected chi connectivity index (χ1v) is 6.51. The quantitative estimate of drug-likeness (QED) is 0.844. The van der Waals surface area contributed by atoms with Gasteiger partial charge in [-0.15, -0.1) is 0 Å². The first kappa shape index (κ1) is 15.1. The molecule has 0 fully saturated rings. The van der Waals surface area contributed by atoms with Crippen molar-refractivity contribution >= 4 is 23.6 Å². The first-order chi connectivity index (χ1) is 10.1. The van der Waals surface area contributed by atoms with Crippen LogP contribution in [0.5, 0.6) is 5.75 Å². The van der Waals surface area contributed by atoms with Gasteiger partial charge in [0.2, 0.25) is 0 Å². The molecule has 0 unspecified atom stereocenters. The van der Waals surface area contributed by atoms with Crippen LogP contribution in [-0.4, -0.2) is 11.1 Å². The maximum Gasteiger partial charge on any atom is 0.328 e. The molecule has 0 saturated carbocycles. The highest BCUT2D eigenvalue weighted by atomic mass is 35.5. The van der Waals surface area contributed by atoms with Gasteiger partial charge in [0.15, 0.2) is 0 Å². The average Bonchev–Trinajstić information content (AvgIpc) is 2.45. The zero-order valence-electron chi connectivity index (χ0n) is 10.9. The van der Waals surface area contributed by atoms with Gasteiger partial charge in [0.1, 0.15) is 18.2 Å². The number of ether oxygens (including phenoxy) is 1. The normalized spacial score (nSPS) is 10.8. The van der Waals surface area contributed by atoms with Crippen LogP contribution in [0, 0.1) is 5.82 Å². The predicted molar refractivity (Wildman–Crippen MR) is 78.9 cm³/mol. The Labute approximate surface area is 126 Å². The number of carbonyl (C=O) groups is 1. The number of halogens is 2. The van der Waals surface area contributed by atoms with Gasteiger partial charge in [-0.25, -0.2) is 9.18 Å². The third-order valence-electron chi connectivity index (χ3n) is 2.72. The third-order valence-corrected chi connectivity index (χ3v) is 2.95. The van der Waals surface area contributed by atoms with E-state index in [-0.39, 0.29) is 12.4 Å². The smallest absolute Gasteiger partial charge is 0.328 e. The van der Waals surface area contributed by atoms with E-state index in [4.69, 9.17) is 21.4 Å². The summed E-state index contributed by atoms with van der Waals surface area (Å²) in [7, 11) is 0. The number of carboxylic acids is 1. The number of benzene rings is 2. The fourth-order valence-electron chi connectivity index (χ4n) is 1.71. The van der Waals surface area contributed by atoms with Crippen molar-refractivity contribution in [2.75, 3.05) is 0 Å². The summed E-state index contributed by atoms with van der Waals surface area (Å²) in [6.07, 6.45) is 2.37. The van der Waals surface area contributed by atoms with E-state index >= 15 is 0 Å². The summed E-state index contributed by atoms with van der Waals surface area (Å²) < 4.78 is 19.1. The average molecular weight is 307 g/mol. The molecule has 5 heteroatoms. The second-order valence-corrected chi connectivity index (χ2v) is 4.67. The zero-order chi connectivity index (χ0) is 15.2. The molecule has 0 spiro atoms. The van der Waals surface area contributed by atoms with E-state index in [2.05, 4.69) is 0 Å². The fourth-order valence-corrected chi connectivity index (χ4v) is 1.89. The van der Waals surface area contributed by atoms with Crippen molar-refractivity contribution < 1.29 is 19.0 Å². The van der Waals surface area contributed by atoms with Gasteiger partial charge in [0.25, 0.3) is 0 Å². The van der Waals surface area contributed by atoms with Gasteiger partial charge in [0, 0.05) is 22.2 Å².